The first-order valence-electron chi connectivity index (χ1n) is 6.71. The van der Waals surface area contributed by atoms with Gasteiger partial charge in [0, 0.05) is 17.5 Å². The maximum atomic E-state index is 11.2. The van der Waals surface area contributed by atoms with Crippen molar-refractivity contribution in [2.45, 2.75) is 16.3 Å². The second kappa shape index (κ2) is 7.47. The number of benzene rings is 2. The summed E-state index contributed by atoms with van der Waals surface area (Å²) >= 11 is 7.41. The van der Waals surface area contributed by atoms with Crippen LogP contribution in [0.2, 0.25) is 5.02 Å². The predicted octanol–water partition coefficient (Wildman–Crippen LogP) is 4.33. The first kappa shape index (κ1) is 17.3. The number of nitro benzene ring substituents is 1. The Morgan fingerprint density at radius 2 is 2.00 bits per heavy atom. The Morgan fingerprint density at radius 1 is 1.30 bits per heavy atom. The highest BCUT2D eigenvalue weighted by molar-refractivity contribution is 7.99. The van der Waals surface area contributed by atoms with Gasteiger partial charge in [0.25, 0.3) is 5.69 Å². The zero-order valence-electron chi connectivity index (χ0n) is 12.6. The van der Waals surface area contributed by atoms with E-state index >= 15 is 0 Å². The van der Waals surface area contributed by atoms with Gasteiger partial charge in [0.1, 0.15) is 6.07 Å². The molecule has 5 nitrogen and oxygen atoms in total. The van der Waals surface area contributed by atoms with E-state index in [0.717, 1.165) is 10.5 Å². The van der Waals surface area contributed by atoms with E-state index in [1.165, 1.54) is 17.8 Å². The summed E-state index contributed by atoms with van der Waals surface area (Å²) < 4.78 is 0. The lowest BCUT2D eigenvalue weighted by atomic mass is 10.1. The van der Waals surface area contributed by atoms with Crippen LogP contribution in [0.3, 0.4) is 0 Å². The highest BCUT2D eigenvalue weighted by atomic mass is 35.5. The van der Waals surface area contributed by atoms with Crippen molar-refractivity contribution in [3.63, 3.8) is 0 Å². The molecule has 0 saturated carbocycles. The van der Waals surface area contributed by atoms with Gasteiger partial charge in [0.15, 0.2) is 0 Å². The Labute approximate surface area is 143 Å². The zero-order chi connectivity index (χ0) is 17.0. The fraction of sp³-hybridized carbons (Fsp3) is 0.188. The van der Waals surface area contributed by atoms with Gasteiger partial charge in [-0.2, -0.15) is 5.26 Å². The van der Waals surface area contributed by atoms with E-state index in [-0.39, 0.29) is 5.69 Å². The molecule has 23 heavy (non-hydrogen) atoms. The summed E-state index contributed by atoms with van der Waals surface area (Å²) in [5.41, 5.74) is 1.35. The molecule has 0 N–H and O–H groups in total. The molecule has 7 heteroatoms. The largest absolute Gasteiger partial charge is 0.305 e. The summed E-state index contributed by atoms with van der Waals surface area (Å²) in [6.45, 7) is 0.606. The van der Waals surface area contributed by atoms with Crippen LogP contribution in [-0.4, -0.2) is 23.9 Å². The zero-order valence-corrected chi connectivity index (χ0v) is 14.2. The van der Waals surface area contributed by atoms with Gasteiger partial charge < -0.3 is 4.90 Å². The average molecular weight is 348 g/mol. The van der Waals surface area contributed by atoms with Gasteiger partial charge in [-0.1, -0.05) is 35.5 Å². The Morgan fingerprint density at radius 3 is 2.61 bits per heavy atom. The smallest absolute Gasteiger partial charge is 0.283 e. The Hall–Kier alpha value is -2.07. The molecule has 0 fully saturated rings. The van der Waals surface area contributed by atoms with Crippen LogP contribution in [-0.2, 0) is 6.54 Å². The third-order valence-corrected chi connectivity index (χ3v) is 4.52. The minimum atomic E-state index is -0.404. The predicted molar refractivity (Wildman–Crippen MR) is 90.8 cm³/mol. The highest BCUT2D eigenvalue weighted by Gasteiger charge is 2.17. The summed E-state index contributed by atoms with van der Waals surface area (Å²) in [5, 5.41) is 20.6. The lowest BCUT2D eigenvalue weighted by molar-refractivity contribution is -0.387. The minimum Gasteiger partial charge on any atom is -0.305 e. The Balaban J connectivity index is 2.49. The molecule has 118 valence electrons. The van der Waals surface area contributed by atoms with E-state index in [1.807, 2.05) is 19.0 Å². The van der Waals surface area contributed by atoms with Crippen LogP contribution in [0.5, 0.6) is 0 Å². The number of nitro groups is 1. The molecule has 2 aromatic rings. The van der Waals surface area contributed by atoms with Gasteiger partial charge in [-0.3, -0.25) is 10.1 Å². The molecular formula is C16H14ClN3O2S. The molecule has 0 bridgehead atoms. The summed E-state index contributed by atoms with van der Waals surface area (Å²) in [6, 6.07) is 12.1. The molecule has 0 aliphatic rings. The van der Waals surface area contributed by atoms with E-state index in [2.05, 4.69) is 6.07 Å². The number of nitriles is 1. The van der Waals surface area contributed by atoms with E-state index < -0.39 is 4.92 Å². The van der Waals surface area contributed by atoms with Gasteiger partial charge in [0.05, 0.1) is 20.4 Å². The molecule has 0 atom stereocenters. The first-order valence-corrected chi connectivity index (χ1v) is 7.90. The molecule has 0 saturated heterocycles. The van der Waals surface area contributed by atoms with Crippen molar-refractivity contribution in [2.75, 3.05) is 14.1 Å². The highest BCUT2D eigenvalue weighted by Crippen LogP contribution is 2.38. The SMILES string of the molecule is CN(C)Cc1cc(C#N)c(Cl)cc1Sc1ccccc1[N+](=O)[O-]. The molecule has 0 heterocycles. The van der Waals surface area contributed by atoms with Gasteiger partial charge in [-0.05, 0) is 37.9 Å². The fourth-order valence-electron chi connectivity index (χ4n) is 2.06. The normalized spacial score (nSPS) is 10.6. The van der Waals surface area contributed by atoms with Gasteiger partial charge in [-0.15, -0.1) is 0 Å². The van der Waals surface area contributed by atoms with Crippen LogP contribution >= 0.6 is 23.4 Å². The maximum Gasteiger partial charge on any atom is 0.283 e. The van der Waals surface area contributed by atoms with Crippen molar-refractivity contribution in [1.29, 1.82) is 5.26 Å². The standard InChI is InChI=1S/C16H14ClN3O2S/c1-19(2)10-12-7-11(9-18)13(17)8-16(12)23-15-6-4-3-5-14(15)20(21)22/h3-8H,10H2,1-2H3. The summed E-state index contributed by atoms with van der Waals surface area (Å²) in [7, 11) is 3.83. The molecule has 2 rings (SSSR count). The topological polar surface area (TPSA) is 70.2 Å². The van der Waals surface area contributed by atoms with Gasteiger partial charge in [0.2, 0.25) is 0 Å². The number of halogens is 1. The van der Waals surface area contributed by atoms with E-state index in [0.29, 0.717) is 22.0 Å². The van der Waals surface area contributed by atoms with E-state index in [9.17, 15) is 10.1 Å². The quantitative estimate of drug-likeness (QED) is 0.594. The van der Waals surface area contributed by atoms with Crippen LogP contribution in [0, 0.1) is 21.4 Å². The molecule has 0 aromatic heterocycles. The minimum absolute atomic E-state index is 0.0498. The summed E-state index contributed by atoms with van der Waals surface area (Å²) in [5.74, 6) is 0. The second-order valence-electron chi connectivity index (χ2n) is 5.12. The number of hydrogen-bond donors (Lipinski definition) is 0. The molecule has 0 spiro atoms. The van der Waals surface area contributed by atoms with Crippen LogP contribution in [0.15, 0.2) is 46.2 Å². The van der Waals surface area contributed by atoms with Crippen molar-refractivity contribution in [3.05, 3.63) is 62.7 Å². The number of rotatable bonds is 5. The Kier molecular flexibility index (Phi) is 5.61. The van der Waals surface area contributed by atoms with E-state index in [1.54, 1.807) is 30.3 Å². The fourth-order valence-corrected chi connectivity index (χ4v) is 3.39. The molecule has 0 amide bonds. The summed E-state index contributed by atoms with van der Waals surface area (Å²) in [4.78, 5) is 14.1. The number of para-hydroxylation sites is 1. The number of hydrogen-bond acceptors (Lipinski definition) is 5. The Bertz CT molecular complexity index is 787. The third kappa shape index (κ3) is 4.23. The van der Waals surface area contributed by atoms with Crippen molar-refractivity contribution >= 4 is 29.1 Å². The average Bonchev–Trinajstić information content (AvgIpc) is 2.49. The first-order chi connectivity index (χ1) is 10.9. The van der Waals surface area contributed by atoms with Gasteiger partial charge in [-0.25, -0.2) is 0 Å². The number of nitrogens with zero attached hydrogens (tertiary/aromatic N) is 3. The molecule has 0 unspecified atom stereocenters. The third-order valence-electron chi connectivity index (χ3n) is 3.04. The van der Waals surface area contributed by atoms with Crippen LogP contribution < -0.4 is 0 Å². The van der Waals surface area contributed by atoms with Crippen molar-refractivity contribution in [1.82, 2.24) is 4.90 Å². The van der Waals surface area contributed by atoms with Crippen LogP contribution in [0.25, 0.3) is 0 Å². The van der Waals surface area contributed by atoms with Crippen molar-refractivity contribution in [3.8, 4) is 6.07 Å². The molecule has 2 aromatic carbocycles. The van der Waals surface area contributed by atoms with Crippen LogP contribution in [0.4, 0.5) is 5.69 Å². The molecule has 0 radical (unpaired) electrons. The second-order valence-corrected chi connectivity index (χ2v) is 6.61. The monoisotopic (exact) mass is 347 g/mol. The molecular weight excluding hydrogens is 334 g/mol. The maximum absolute atomic E-state index is 11.2. The molecule has 0 aliphatic carbocycles. The van der Waals surface area contributed by atoms with E-state index in [4.69, 9.17) is 16.9 Å². The van der Waals surface area contributed by atoms with Crippen molar-refractivity contribution in [2.24, 2.45) is 0 Å². The van der Waals surface area contributed by atoms with Crippen LogP contribution in [0.1, 0.15) is 11.1 Å². The lowest BCUT2D eigenvalue weighted by Gasteiger charge is -2.15. The van der Waals surface area contributed by atoms with Gasteiger partial charge >= 0.3 is 0 Å². The lowest BCUT2D eigenvalue weighted by Crippen LogP contribution is -2.11. The van der Waals surface area contributed by atoms with Crippen molar-refractivity contribution < 1.29 is 4.92 Å². The molecule has 0 aliphatic heterocycles. The summed E-state index contributed by atoms with van der Waals surface area (Å²) in [6.07, 6.45) is 0.